The van der Waals surface area contributed by atoms with E-state index in [1.54, 1.807) is 6.07 Å². The van der Waals surface area contributed by atoms with E-state index in [2.05, 4.69) is 15.3 Å². The first kappa shape index (κ1) is 13.1. The Labute approximate surface area is 108 Å². The molecule has 0 spiro atoms. The number of hydrogen-bond acceptors (Lipinski definition) is 5. The van der Waals surface area contributed by atoms with Crippen LogP contribution in [0.25, 0.3) is 0 Å². The molecular weight excluding hydrogens is 230 g/mol. The van der Waals surface area contributed by atoms with E-state index in [0.29, 0.717) is 25.0 Å². The number of aliphatic hydroxyl groups is 1. The second-order valence-electron chi connectivity index (χ2n) is 4.89. The third kappa shape index (κ3) is 3.32. The van der Waals surface area contributed by atoms with Gasteiger partial charge in [-0.05, 0) is 26.7 Å². The third-order valence-corrected chi connectivity index (χ3v) is 3.23. The van der Waals surface area contributed by atoms with Gasteiger partial charge in [0.25, 0.3) is 0 Å². The maximum Gasteiger partial charge on any atom is 0.226 e. The molecule has 1 heterocycles. The highest BCUT2D eigenvalue weighted by Crippen LogP contribution is 2.29. The number of nitrogens with zero attached hydrogens (tertiary/aromatic N) is 2. The lowest BCUT2D eigenvalue weighted by molar-refractivity contribution is 0.0612. The first-order valence-corrected chi connectivity index (χ1v) is 6.56. The standard InChI is InChI=1S/C13H21N3O2/c1-3-18-11-8-10(2)15-12(16-11)14-9-13(17)6-4-5-7-13/h8,17H,3-7,9H2,1-2H3,(H,14,15,16). The summed E-state index contributed by atoms with van der Waals surface area (Å²) in [6.45, 7) is 4.91. The Kier molecular flexibility index (Phi) is 4.01. The molecule has 0 saturated heterocycles. The maximum absolute atomic E-state index is 10.2. The zero-order valence-corrected chi connectivity index (χ0v) is 11.1. The zero-order valence-electron chi connectivity index (χ0n) is 11.1. The van der Waals surface area contributed by atoms with Gasteiger partial charge >= 0.3 is 0 Å². The minimum absolute atomic E-state index is 0.502. The van der Waals surface area contributed by atoms with Crippen molar-refractivity contribution in [2.75, 3.05) is 18.5 Å². The monoisotopic (exact) mass is 251 g/mol. The van der Waals surface area contributed by atoms with Gasteiger partial charge in [0.15, 0.2) is 0 Å². The summed E-state index contributed by atoms with van der Waals surface area (Å²) in [6.07, 6.45) is 3.89. The van der Waals surface area contributed by atoms with Crippen molar-refractivity contribution in [1.82, 2.24) is 9.97 Å². The molecule has 100 valence electrons. The third-order valence-electron chi connectivity index (χ3n) is 3.23. The van der Waals surface area contributed by atoms with Crippen molar-refractivity contribution in [1.29, 1.82) is 0 Å². The second kappa shape index (κ2) is 5.52. The lowest BCUT2D eigenvalue weighted by Gasteiger charge is -2.22. The molecule has 1 saturated carbocycles. The Balaban J connectivity index is 2.00. The van der Waals surface area contributed by atoms with E-state index in [4.69, 9.17) is 4.74 Å². The minimum Gasteiger partial charge on any atom is -0.478 e. The van der Waals surface area contributed by atoms with Crippen LogP contribution >= 0.6 is 0 Å². The second-order valence-corrected chi connectivity index (χ2v) is 4.89. The van der Waals surface area contributed by atoms with Crippen LogP contribution in [0.5, 0.6) is 5.88 Å². The Morgan fingerprint density at radius 1 is 1.39 bits per heavy atom. The predicted octanol–water partition coefficient (Wildman–Crippen LogP) is 1.90. The minimum atomic E-state index is -0.598. The summed E-state index contributed by atoms with van der Waals surface area (Å²) in [5.41, 5.74) is 0.258. The van der Waals surface area contributed by atoms with Crippen LogP contribution in [0.15, 0.2) is 6.07 Å². The molecule has 18 heavy (non-hydrogen) atoms. The quantitative estimate of drug-likeness (QED) is 0.836. The van der Waals surface area contributed by atoms with Crippen LogP contribution in [-0.2, 0) is 0 Å². The molecule has 0 bridgehead atoms. The molecular formula is C13H21N3O2. The van der Waals surface area contributed by atoms with E-state index >= 15 is 0 Å². The fraction of sp³-hybridized carbons (Fsp3) is 0.692. The highest BCUT2D eigenvalue weighted by molar-refractivity contribution is 5.31. The first-order valence-electron chi connectivity index (χ1n) is 6.56. The van der Waals surface area contributed by atoms with Gasteiger partial charge in [0, 0.05) is 18.3 Å². The highest BCUT2D eigenvalue weighted by Gasteiger charge is 2.30. The highest BCUT2D eigenvalue weighted by atomic mass is 16.5. The van der Waals surface area contributed by atoms with E-state index < -0.39 is 5.60 Å². The molecule has 2 N–H and O–H groups in total. The molecule has 1 aliphatic rings. The van der Waals surface area contributed by atoms with Gasteiger partial charge in [0.1, 0.15) is 0 Å². The molecule has 0 radical (unpaired) electrons. The smallest absolute Gasteiger partial charge is 0.226 e. The number of aryl methyl sites for hydroxylation is 1. The molecule has 0 aliphatic heterocycles. The number of aromatic nitrogens is 2. The summed E-state index contributed by atoms with van der Waals surface area (Å²) >= 11 is 0. The summed E-state index contributed by atoms with van der Waals surface area (Å²) in [4.78, 5) is 8.55. The summed E-state index contributed by atoms with van der Waals surface area (Å²) in [6, 6.07) is 1.80. The average molecular weight is 251 g/mol. The van der Waals surface area contributed by atoms with Gasteiger partial charge in [-0.1, -0.05) is 12.8 Å². The van der Waals surface area contributed by atoms with Crippen LogP contribution in [0.4, 0.5) is 5.95 Å². The molecule has 5 heteroatoms. The van der Waals surface area contributed by atoms with Crippen LogP contribution in [0.2, 0.25) is 0 Å². The number of anilines is 1. The van der Waals surface area contributed by atoms with Gasteiger partial charge in [0.05, 0.1) is 12.2 Å². The number of rotatable bonds is 5. The van der Waals surface area contributed by atoms with Crippen LogP contribution in [0.3, 0.4) is 0 Å². The van der Waals surface area contributed by atoms with Gasteiger partial charge in [-0.15, -0.1) is 0 Å². The summed E-state index contributed by atoms with van der Waals surface area (Å²) < 4.78 is 5.37. The molecule has 1 aliphatic carbocycles. The fourth-order valence-electron chi connectivity index (χ4n) is 2.29. The molecule has 1 aromatic heterocycles. The largest absolute Gasteiger partial charge is 0.478 e. The van der Waals surface area contributed by atoms with Gasteiger partial charge in [0.2, 0.25) is 11.8 Å². The van der Waals surface area contributed by atoms with Crippen molar-refractivity contribution in [3.05, 3.63) is 11.8 Å². The Hall–Kier alpha value is -1.36. The topological polar surface area (TPSA) is 67.3 Å². The van der Waals surface area contributed by atoms with E-state index in [-0.39, 0.29) is 0 Å². The zero-order chi connectivity index (χ0) is 13.0. The van der Waals surface area contributed by atoms with E-state index in [1.165, 1.54) is 0 Å². The summed E-state index contributed by atoms with van der Waals surface area (Å²) in [7, 11) is 0. The Morgan fingerprint density at radius 3 is 2.78 bits per heavy atom. The average Bonchev–Trinajstić information content (AvgIpc) is 2.74. The normalized spacial score (nSPS) is 17.7. The van der Waals surface area contributed by atoms with E-state index in [0.717, 1.165) is 31.4 Å². The van der Waals surface area contributed by atoms with Gasteiger partial charge in [-0.2, -0.15) is 4.98 Å². The Morgan fingerprint density at radius 2 is 2.11 bits per heavy atom. The summed E-state index contributed by atoms with van der Waals surface area (Å²) in [5.74, 6) is 1.10. The summed E-state index contributed by atoms with van der Waals surface area (Å²) in [5, 5.41) is 13.4. The van der Waals surface area contributed by atoms with Gasteiger partial charge in [-0.25, -0.2) is 4.98 Å². The van der Waals surface area contributed by atoms with Crippen LogP contribution < -0.4 is 10.1 Å². The molecule has 1 aromatic rings. The Bertz CT molecular complexity index is 403. The molecule has 2 rings (SSSR count). The van der Waals surface area contributed by atoms with E-state index in [9.17, 15) is 5.11 Å². The molecule has 1 fully saturated rings. The lowest BCUT2D eigenvalue weighted by Crippen LogP contribution is -2.34. The van der Waals surface area contributed by atoms with E-state index in [1.807, 2.05) is 13.8 Å². The van der Waals surface area contributed by atoms with Crippen molar-refractivity contribution >= 4 is 5.95 Å². The van der Waals surface area contributed by atoms with Crippen molar-refractivity contribution < 1.29 is 9.84 Å². The van der Waals surface area contributed by atoms with Crippen molar-refractivity contribution in [2.45, 2.75) is 45.1 Å². The number of nitrogens with one attached hydrogen (secondary N) is 1. The fourth-order valence-corrected chi connectivity index (χ4v) is 2.29. The SMILES string of the molecule is CCOc1cc(C)nc(NCC2(O)CCCC2)n1. The predicted molar refractivity (Wildman–Crippen MR) is 69.8 cm³/mol. The number of ether oxygens (including phenoxy) is 1. The van der Waals surface area contributed by atoms with Crippen LogP contribution in [0.1, 0.15) is 38.3 Å². The number of hydrogen-bond donors (Lipinski definition) is 2. The molecule has 0 unspecified atom stereocenters. The van der Waals surface area contributed by atoms with Crippen LogP contribution in [0, 0.1) is 6.92 Å². The maximum atomic E-state index is 10.2. The van der Waals surface area contributed by atoms with Crippen LogP contribution in [-0.4, -0.2) is 33.8 Å². The first-order chi connectivity index (χ1) is 8.61. The van der Waals surface area contributed by atoms with Crippen molar-refractivity contribution in [3.8, 4) is 5.88 Å². The molecule has 0 amide bonds. The molecule has 0 atom stereocenters. The lowest BCUT2D eigenvalue weighted by atomic mass is 10.0. The van der Waals surface area contributed by atoms with Crippen molar-refractivity contribution in [2.24, 2.45) is 0 Å². The van der Waals surface area contributed by atoms with Crippen molar-refractivity contribution in [3.63, 3.8) is 0 Å². The van der Waals surface area contributed by atoms with Gasteiger partial charge in [-0.3, -0.25) is 0 Å². The molecule has 0 aromatic carbocycles. The molecule has 5 nitrogen and oxygen atoms in total. The van der Waals surface area contributed by atoms with Gasteiger partial charge < -0.3 is 15.2 Å².